The highest BCUT2D eigenvalue weighted by atomic mass is 19.2. The summed E-state index contributed by atoms with van der Waals surface area (Å²) in [5.41, 5.74) is 4.56. The molecular weight excluding hydrogens is 152 g/mol. The molecule has 66 valence electrons. The molecule has 0 bridgehead atoms. The smallest absolute Gasteiger partial charge is 0.255 e. The molecule has 0 aliphatic heterocycles. The van der Waals surface area contributed by atoms with Crippen molar-refractivity contribution in [3.8, 4) is 0 Å². The van der Waals surface area contributed by atoms with Gasteiger partial charge in [0.15, 0.2) is 0 Å². The van der Waals surface area contributed by atoms with E-state index in [0.717, 1.165) is 0 Å². The van der Waals surface area contributed by atoms with Crippen LogP contribution < -0.4 is 5.73 Å². The average molecular weight is 165 g/mol. The van der Waals surface area contributed by atoms with E-state index in [1.165, 1.54) is 0 Å². The number of halogens is 2. The number of carbonyl (C=O) groups excluding carboxylic acids is 1. The molecule has 0 aliphatic rings. The first-order valence-corrected chi connectivity index (χ1v) is 3.52. The van der Waals surface area contributed by atoms with Crippen LogP contribution in [0.1, 0.15) is 20.3 Å². The van der Waals surface area contributed by atoms with Gasteiger partial charge in [0.25, 0.3) is 5.91 Å². The van der Waals surface area contributed by atoms with E-state index in [-0.39, 0.29) is 12.3 Å². The zero-order chi connectivity index (χ0) is 9.02. The predicted molar refractivity (Wildman–Crippen MR) is 38.4 cm³/mol. The Kier molecular flexibility index (Phi) is 4.00. The largest absolute Gasteiger partial charge is 0.367 e. The van der Waals surface area contributed by atoms with Crippen molar-refractivity contribution in [3.05, 3.63) is 0 Å². The molecule has 2 atom stereocenters. The second-order valence-electron chi connectivity index (χ2n) is 2.95. The Bertz CT molecular complexity index is 138. The van der Waals surface area contributed by atoms with Crippen LogP contribution in [0, 0.1) is 5.92 Å². The van der Waals surface area contributed by atoms with E-state index in [0.29, 0.717) is 0 Å². The molecule has 0 saturated heterocycles. The first-order chi connectivity index (χ1) is 4.95. The topological polar surface area (TPSA) is 43.1 Å². The van der Waals surface area contributed by atoms with Crippen molar-refractivity contribution in [3.63, 3.8) is 0 Å². The summed E-state index contributed by atoms with van der Waals surface area (Å²) in [7, 11) is 0. The lowest BCUT2D eigenvalue weighted by Crippen LogP contribution is -2.33. The molecule has 4 heteroatoms. The summed E-state index contributed by atoms with van der Waals surface area (Å²) in [6.07, 6.45) is -3.88. The number of amides is 1. The molecule has 0 radical (unpaired) electrons. The Hall–Kier alpha value is -0.670. The second-order valence-corrected chi connectivity index (χ2v) is 2.95. The van der Waals surface area contributed by atoms with Gasteiger partial charge >= 0.3 is 0 Å². The lowest BCUT2D eigenvalue weighted by atomic mass is 10.0. The van der Waals surface area contributed by atoms with Gasteiger partial charge in [0, 0.05) is 0 Å². The van der Waals surface area contributed by atoms with Gasteiger partial charge in [-0.1, -0.05) is 13.8 Å². The van der Waals surface area contributed by atoms with Crippen LogP contribution in [0.2, 0.25) is 0 Å². The Balaban J connectivity index is 3.82. The summed E-state index contributed by atoms with van der Waals surface area (Å²) in [4.78, 5) is 10.1. The van der Waals surface area contributed by atoms with Crippen molar-refractivity contribution in [2.45, 2.75) is 32.6 Å². The highest BCUT2D eigenvalue weighted by Gasteiger charge is 2.26. The second kappa shape index (κ2) is 4.26. The van der Waals surface area contributed by atoms with Crippen LogP contribution in [0.15, 0.2) is 0 Å². The van der Waals surface area contributed by atoms with E-state index in [1.807, 2.05) is 0 Å². The third-order valence-corrected chi connectivity index (χ3v) is 1.29. The van der Waals surface area contributed by atoms with E-state index >= 15 is 0 Å². The maximum Gasteiger partial charge on any atom is 0.255 e. The summed E-state index contributed by atoms with van der Waals surface area (Å²) in [6.45, 7) is 3.50. The molecule has 0 fully saturated rings. The van der Waals surface area contributed by atoms with Gasteiger partial charge in [0.2, 0.25) is 6.17 Å². The molecule has 2 N–H and O–H groups in total. The molecule has 1 amide bonds. The molecular formula is C7H13F2NO. The monoisotopic (exact) mass is 165 g/mol. The van der Waals surface area contributed by atoms with Crippen LogP contribution >= 0.6 is 0 Å². The van der Waals surface area contributed by atoms with Gasteiger partial charge in [-0.25, -0.2) is 8.78 Å². The van der Waals surface area contributed by atoms with Gasteiger partial charge < -0.3 is 5.73 Å². The van der Waals surface area contributed by atoms with Crippen molar-refractivity contribution in [2.75, 3.05) is 0 Å². The summed E-state index contributed by atoms with van der Waals surface area (Å²) in [5, 5.41) is 0. The van der Waals surface area contributed by atoms with Crippen molar-refractivity contribution in [1.29, 1.82) is 0 Å². The van der Waals surface area contributed by atoms with Gasteiger partial charge in [0.1, 0.15) is 6.17 Å². The zero-order valence-electron chi connectivity index (χ0n) is 6.68. The molecule has 0 aromatic rings. The van der Waals surface area contributed by atoms with Crippen LogP contribution in [-0.4, -0.2) is 18.3 Å². The maximum atomic E-state index is 12.6. The number of rotatable bonds is 4. The average Bonchev–Trinajstić information content (AvgIpc) is 1.84. The number of carbonyl (C=O) groups is 1. The minimum absolute atomic E-state index is 0.0302. The first-order valence-electron chi connectivity index (χ1n) is 3.52. The Morgan fingerprint density at radius 2 is 1.91 bits per heavy atom. The number of nitrogens with two attached hydrogens (primary N) is 1. The van der Waals surface area contributed by atoms with Gasteiger partial charge in [0.05, 0.1) is 0 Å². The number of alkyl halides is 2. The zero-order valence-corrected chi connectivity index (χ0v) is 6.68. The Morgan fingerprint density at radius 1 is 1.45 bits per heavy atom. The highest BCUT2D eigenvalue weighted by molar-refractivity contribution is 5.79. The molecule has 11 heavy (non-hydrogen) atoms. The fourth-order valence-corrected chi connectivity index (χ4v) is 0.748. The standard InChI is InChI=1S/C7H13F2NO/c1-4(2)3-5(8)6(9)7(10)11/h4-6H,3H2,1-2H3,(H2,10,11)/t5-,6-/m0/s1. The fraction of sp³-hybridized carbons (Fsp3) is 0.857. The molecule has 2 nitrogen and oxygen atoms in total. The third-order valence-electron chi connectivity index (χ3n) is 1.29. The lowest BCUT2D eigenvalue weighted by Gasteiger charge is -2.11. The molecule has 0 aromatic carbocycles. The highest BCUT2D eigenvalue weighted by Crippen LogP contribution is 2.13. The molecule has 0 heterocycles. The Morgan fingerprint density at radius 3 is 2.18 bits per heavy atom. The number of primary amides is 1. The predicted octanol–water partition coefficient (Wildman–Crippen LogP) is 1.19. The van der Waals surface area contributed by atoms with Gasteiger partial charge in [-0.2, -0.15) is 0 Å². The van der Waals surface area contributed by atoms with Crippen molar-refractivity contribution in [2.24, 2.45) is 11.7 Å². The lowest BCUT2D eigenvalue weighted by molar-refractivity contribution is -0.125. The van der Waals surface area contributed by atoms with Crippen LogP contribution in [0.4, 0.5) is 8.78 Å². The number of hydrogen-bond donors (Lipinski definition) is 1. The minimum Gasteiger partial charge on any atom is -0.367 e. The van der Waals surface area contributed by atoms with Crippen LogP contribution in [0.25, 0.3) is 0 Å². The summed E-state index contributed by atoms with van der Waals surface area (Å²) in [6, 6.07) is 0. The van der Waals surface area contributed by atoms with Crippen LogP contribution in [0.5, 0.6) is 0 Å². The fourth-order valence-electron chi connectivity index (χ4n) is 0.748. The van der Waals surface area contributed by atoms with E-state index in [9.17, 15) is 13.6 Å². The van der Waals surface area contributed by atoms with Crippen molar-refractivity contribution in [1.82, 2.24) is 0 Å². The molecule has 0 spiro atoms. The molecule has 0 aliphatic carbocycles. The molecule has 0 rings (SSSR count). The van der Waals surface area contributed by atoms with Gasteiger partial charge in [-0.3, -0.25) is 4.79 Å². The summed E-state index contributed by atoms with van der Waals surface area (Å²) in [5.74, 6) is -1.19. The van der Waals surface area contributed by atoms with Gasteiger partial charge in [-0.05, 0) is 12.3 Å². The molecule has 0 aromatic heterocycles. The summed E-state index contributed by atoms with van der Waals surface area (Å²) >= 11 is 0. The number of hydrogen-bond acceptors (Lipinski definition) is 1. The summed E-state index contributed by atoms with van der Waals surface area (Å²) < 4.78 is 25.1. The first kappa shape index (κ1) is 10.3. The van der Waals surface area contributed by atoms with E-state index in [1.54, 1.807) is 13.8 Å². The van der Waals surface area contributed by atoms with E-state index in [4.69, 9.17) is 0 Å². The van der Waals surface area contributed by atoms with Gasteiger partial charge in [-0.15, -0.1) is 0 Å². The quantitative estimate of drug-likeness (QED) is 0.668. The molecule has 0 saturated carbocycles. The minimum atomic E-state index is -2.16. The Labute approximate surface area is 64.8 Å². The maximum absolute atomic E-state index is 12.6. The van der Waals surface area contributed by atoms with E-state index in [2.05, 4.69) is 5.73 Å². The third kappa shape index (κ3) is 3.91. The van der Waals surface area contributed by atoms with Crippen LogP contribution in [0.3, 0.4) is 0 Å². The normalized spacial score (nSPS) is 16.5. The molecule has 0 unspecified atom stereocenters. The SMILES string of the molecule is CC(C)C[C@H](F)[C@H](F)C(N)=O. The van der Waals surface area contributed by atoms with E-state index < -0.39 is 18.3 Å². The van der Waals surface area contributed by atoms with Crippen LogP contribution in [-0.2, 0) is 4.79 Å². The van der Waals surface area contributed by atoms with Crippen molar-refractivity contribution < 1.29 is 13.6 Å². The van der Waals surface area contributed by atoms with Crippen molar-refractivity contribution >= 4 is 5.91 Å².